The van der Waals surface area contributed by atoms with Crippen LogP contribution in [0.15, 0.2) is 34.7 Å². The third kappa shape index (κ3) is 5.12. The zero-order valence-corrected chi connectivity index (χ0v) is 16.6. The summed E-state index contributed by atoms with van der Waals surface area (Å²) in [7, 11) is 1.54. The number of benzene rings is 1. The summed E-state index contributed by atoms with van der Waals surface area (Å²) in [6.45, 7) is 6.98. The third-order valence-corrected chi connectivity index (χ3v) is 4.17. The molecule has 1 aromatic heterocycles. The number of furan rings is 1. The van der Waals surface area contributed by atoms with E-state index in [1.807, 2.05) is 0 Å². The van der Waals surface area contributed by atoms with Crippen molar-refractivity contribution in [3.05, 3.63) is 53.0 Å². The van der Waals surface area contributed by atoms with Crippen molar-refractivity contribution < 1.29 is 23.5 Å². The first-order chi connectivity index (χ1) is 13.2. The highest BCUT2D eigenvalue weighted by Crippen LogP contribution is 2.14. The quantitative estimate of drug-likeness (QED) is 0.658. The van der Waals surface area contributed by atoms with Gasteiger partial charge in [0.2, 0.25) is 0 Å². The predicted octanol–water partition coefficient (Wildman–Crippen LogP) is 2.12. The fourth-order valence-electron chi connectivity index (χ4n) is 2.62. The van der Waals surface area contributed by atoms with Crippen LogP contribution in [0, 0.1) is 19.8 Å². The van der Waals surface area contributed by atoms with Crippen LogP contribution < -0.4 is 20.9 Å². The number of carbonyl (C=O) groups excluding carboxylic acids is 3. The molecule has 28 heavy (non-hydrogen) atoms. The van der Waals surface area contributed by atoms with Gasteiger partial charge >= 0.3 is 0 Å². The number of methoxy groups -OCH3 is 1. The summed E-state index contributed by atoms with van der Waals surface area (Å²) in [6, 6.07) is 7.29. The summed E-state index contributed by atoms with van der Waals surface area (Å²) in [5.74, 6) is 0.0661. The van der Waals surface area contributed by atoms with Gasteiger partial charge in [-0.3, -0.25) is 25.2 Å². The molecule has 3 N–H and O–H groups in total. The first kappa shape index (κ1) is 21.0. The Hall–Kier alpha value is -3.29. The molecule has 0 saturated carbocycles. The Bertz CT molecular complexity index is 855. The number of hydrazine groups is 1. The molecule has 8 nitrogen and oxygen atoms in total. The van der Waals surface area contributed by atoms with Crippen molar-refractivity contribution in [2.45, 2.75) is 33.7 Å². The third-order valence-electron chi connectivity index (χ3n) is 4.17. The fourth-order valence-corrected chi connectivity index (χ4v) is 2.62. The van der Waals surface area contributed by atoms with E-state index < -0.39 is 23.8 Å². The number of amides is 3. The Morgan fingerprint density at radius 3 is 2.14 bits per heavy atom. The monoisotopic (exact) mass is 387 g/mol. The minimum absolute atomic E-state index is 0.197. The standard InChI is InChI=1S/C20H25N3O5/c1-11(2)17(21-18(24)14-6-8-15(27-5)9-7-14)20(26)23-22-19(25)16-10-12(3)28-13(16)4/h6-11,17H,1-5H3,(H,21,24)(H,22,25)(H,23,26). The maximum atomic E-state index is 12.5. The molecular formula is C20H25N3O5. The Balaban J connectivity index is 2.00. The second-order valence-electron chi connectivity index (χ2n) is 6.69. The summed E-state index contributed by atoms with van der Waals surface area (Å²) in [5.41, 5.74) is 5.44. The molecular weight excluding hydrogens is 362 g/mol. The smallest absolute Gasteiger partial charge is 0.273 e. The van der Waals surface area contributed by atoms with E-state index >= 15 is 0 Å². The number of carbonyl (C=O) groups is 3. The van der Waals surface area contributed by atoms with Gasteiger partial charge in [-0.05, 0) is 50.1 Å². The van der Waals surface area contributed by atoms with Gasteiger partial charge in [-0.15, -0.1) is 0 Å². The van der Waals surface area contributed by atoms with Gasteiger partial charge < -0.3 is 14.5 Å². The SMILES string of the molecule is COc1ccc(C(=O)NC(C(=O)NNC(=O)c2cc(C)oc2C)C(C)C)cc1. The number of nitrogens with one attached hydrogen (secondary N) is 3. The van der Waals surface area contributed by atoms with Gasteiger partial charge in [0.25, 0.3) is 17.7 Å². The summed E-state index contributed by atoms with van der Waals surface area (Å²) < 4.78 is 10.4. The van der Waals surface area contributed by atoms with Crippen molar-refractivity contribution in [3.8, 4) is 5.75 Å². The van der Waals surface area contributed by atoms with Gasteiger partial charge in [0, 0.05) is 5.56 Å². The zero-order valence-electron chi connectivity index (χ0n) is 16.6. The van der Waals surface area contributed by atoms with E-state index in [1.165, 1.54) is 7.11 Å². The Morgan fingerprint density at radius 2 is 1.64 bits per heavy atom. The van der Waals surface area contributed by atoms with Crippen LogP contribution in [-0.4, -0.2) is 30.9 Å². The number of aryl methyl sites for hydroxylation is 2. The lowest BCUT2D eigenvalue weighted by atomic mass is 10.0. The highest BCUT2D eigenvalue weighted by atomic mass is 16.5. The molecule has 3 amide bonds. The van der Waals surface area contributed by atoms with Gasteiger partial charge in [0.15, 0.2) is 0 Å². The molecule has 0 spiro atoms. The molecule has 0 bridgehead atoms. The highest BCUT2D eigenvalue weighted by molar-refractivity contribution is 5.99. The molecule has 0 aliphatic rings. The molecule has 0 aliphatic heterocycles. The second kappa shape index (κ2) is 9.07. The molecule has 1 heterocycles. The van der Waals surface area contributed by atoms with Crippen molar-refractivity contribution in [2.75, 3.05) is 7.11 Å². The molecule has 1 aromatic carbocycles. The molecule has 2 rings (SSSR count). The Kier molecular flexibility index (Phi) is 6.81. The minimum Gasteiger partial charge on any atom is -0.497 e. The van der Waals surface area contributed by atoms with E-state index in [0.717, 1.165) is 0 Å². The van der Waals surface area contributed by atoms with Crippen molar-refractivity contribution in [1.29, 1.82) is 0 Å². The van der Waals surface area contributed by atoms with E-state index in [9.17, 15) is 14.4 Å². The summed E-state index contributed by atoms with van der Waals surface area (Å²) >= 11 is 0. The molecule has 0 saturated heterocycles. The van der Waals surface area contributed by atoms with Crippen molar-refractivity contribution in [2.24, 2.45) is 5.92 Å². The minimum atomic E-state index is -0.831. The predicted molar refractivity (Wildman–Crippen MR) is 103 cm³/mol. The average Bonchev–Trinajstić information content (AvgIpc) is 3.01. The van der Waals surface area contributed by atoms with Crippen LogP contribution in [0.2, 0.25) is 0 Å². The number of ether oxygens (including phenoxy) is 1. The first-order valence-electron chi connectivity index (χ1n) is 8.85. The lowest BCUT2D eigenvalue weighted by molar-refractivity contribution is -0.124. The van der Waals surface area contributed by atoms with Crippen LogP contribution >= 0.6 is 0 Å². The fraction of sp³-hybridized carbons (Fsp3) is 0.350. The van der Waals surface area contributed by atoms with Crippen molar-refractivity contribution in [1.82, 2.24) is 16.2 Å². The van der Waals surface area contributed by atoms with E-state index in [-0.39, 0.29) is 5.92 Å². The summed E-state index contributed by atoms with van der Waals surface area (Å²) in [5, 5.41) is 2.69. The van der Waals surface area contributed by atoms with Crippen LogP contribution in [-0.2, 0) is 4.79 Å². The average molecular weight is 387 g/mol. The maximum Gasteiger partial charge on any atom is 0.273 e. The molecule has 8 heteroatoms. The zero-order chi connectivity index (χ0) is 20.8. The molecule has 0 fully saturated rings. The van der Waals surface area contributed by atoms with Gasteiger partial charge in [-0.25, -0.2) is 0 Å². The van der Waals surface area contributed by atoms with Crippen LogP contribution in [0.1, 0.15) is 46.1 Å². The number of rotatable bonds is 6. The van der Waals surface area contributed by atoms with Crippen LogP contribution in [0.25, 0.3) is 0 Å². The topological polar surface area (TPSA) is 110 Å². The Labute approximate surface area is 163 Å². The van der Waals surface area contributed by atoms with E-state index in [4.69, 9.17) is 9.15 Å². The van der Waals surface area contributed by atoms with Gasteiger partial charge in [0.1, 0.15) is 23.3 Å². The van der Waals surface area contributed by atoms with Crippen molar-refractivity contribution >= 4 is 17.7 Å². The van der Waals surface area contributed by atoms with Crippen LogP contribution in [0.3, 0.4) is 0 Å². The number of hydrogen-bond donors (Lipinski definition) is 3. The molecule has 150 valence electrons. The summed E-state index contributed by atoms with van der Waals surface area (Å²) in [6.07, 6.45) is 0. The van der Waals surface area contributed by atoms with Gasteiger partial charge in [-0.2, -0.15) is 0 Å². The van der Waals surface area contributed by atoms with Gasteiger partial charge in [-0.1, -0.05) is 13.8 Å². The highest BCUT2D eigenvalue weighted by Gasteiger charge is 2.25. The first-order valence-corrected chi connectivity index (χ1v) is 8.85. The maximum absolute atomic E-state index is 12.5. The lowest BCUT2D eigenvalue weighted by Gasteiger charge is -2.22. The lowest BCUT2D eigenvalue weighted by Crippen LogP contribution is -2.54. The number of hydrogen-bond acceptors (Lipinski definition) is 5. The Morgan fingerprint density at radius 1 is 1.00 bits per heavy atom. The molecule has 0 aliphatic carbocycles. The van der Waals surface area contributed by atoms with E-state index in [0.29, 0.717) is 28.4 Å². The van der Waals surface area contributed by atoms with Crippen molar-refractivity contribution in [3.63, 3.8) is 0 Å². The summed E-state index contributed by atoms with van der Waals surface area (Å²) in [4.78, 5) is 37.1. The van der Waals surface area contributed by atoms with Crippen LogP contribution in [0.4, 0.5) is 0 Å². The second-order valence-corrected chi connectivity index (χ2v) is 6.69. The van der Waals surface area contributed by atoms with Gasteiger partial charge in [0.05, 0.1) is 12.7 Å². The van der Waals surface area contributed by atoms with E-state index in [2.05, 4.69) is 16.2 Å². The van der Waals surface area contributed by atoms with Crippen LogP contribution in [0.5, 0.6) is 5.75 Å². The van der Waals surface area contributed by atoms with E-state index in [1.54, 1.807) is 58.0 Å². The molecule has 0 radical (unpaired) electrons. The normalized spacial score (nSPS) is 11.6. The largest absolute Gasteiger partial charge is 0.497 e. The molecule has 1 atom stereocenters. The molecule has 2 aromatic rings. The molecule has 1 unspecified atom stereocenters.